The molecule has 2 nitrogen and oxygen atoms in total. The van der Waals surface area contributed by atoms with Crippen LogP contribution in [0.1, 0.15) is 5.56 Å². The SMILES string of the molecule is C=C/C(N)=C(\C=C)N(C)Cc1ccccc1. The summed E-state index contributed by atoms with van der Waals surface area (Å²) in [6.07, 6.45) is 3.39. The van der Waals surface area contributed by atoms with E-state index in [0.717, 1.165) is 12.2 Å². The highest BCUT2D eigenvalue weighted by molar-refractivity contribution is 5.28. The molecule has 2 N–H and O–H groups in total. The number of allylic oxidation sites excluding steroid dienone is 2. The Hall–Kier alpha value is -1.96. The van der Waals surface area contributed by atoms with Gasteiger partial charge in [-0.25, -0.2) is 0 Å². The van der Waals surface area contributed by atoms with Gasteiger partial charge in [-0.2, -0.15) is 0 Å². The van der Waals surface area contributed by atoms with Gasteiger partial charge in [0, 0.05) is 13.6 Å². The molecule has 0 radical (unpaired) electrons. The maximum absolute atomic E-state index is 5.83. The van der Waals surface area contributed by atoms with Crippen LogP contribution in [-0.4, -0.2) is 11.9 Å². The van der Waals surface area contributed by atoms with Crippen molar-refractivity contribution in [2.24, 2.45) is 5.73 Å². The third-order valence-electron chi connectivity index (χ3n) is 2.38. The monoisotopic (exact) mass is 214 g/mol. The van der Waals surface area contributed by atoms with Crippen LogP contribution in [0.3, 0.4) is 0 Å². The number of hydrogen-bond acceptors (Lipinski definition) is 2. The van der Waals surface area contributed by atoms with Crippen LogP contribution in [-0.2, 0) is 6.54 Å². The van der Waals surface area contributed by atoms with Crippen LogP contribution in [0.2, 0.25) is 0 Å². The molecule has 2 heteroatoms. The number of rotatable bonds is 5. The summed E-state index contributed by atoms with van der Waals surface area (Å²) in [5.41, 5.74) is 8.62. The first-order valence-electron chi connectivity index (χ1n) is 5.18. The first-order chi connectivity index (χ1) is 7.69. The normalized spacial score (nSPS) is 11.6. The summed E-state index contributed by atoms with van der Waals surface area (Å²) in [6, 6.07) is 10.2. The fourth-order valence-electron chi connectivity index (χ4n) is 1.54. The van der Waals surface area contributed by atoms with E-state index in [1.807, 2.05) is 25.2 Å². The molecule has 0 fully saturated rings. The van der Waals surface area contributed by atoms with Crippen molar-refractivity contribution in [2.75, 3.05) is 7.05 Å². The summed E-state index contributed by atoms with van der Waals surface area (Å²) in [5, 5.41) is 0. The van der Waals surface area contributed by atoms with Crippen LogP contribution >= 0.6 is 0 Å². The smallest absolute Gasteiger partial charge is 0.0594 e. The van der Waals surface area contributed by atoms with Crippen LogP contribution in [0.5, 0.6) is 0 Å². The summed E-state index contributed by atoms with van der Waals surface area (Å²) in [4.78, 5) is 2.05. The minimum absolute atomic E-state index is 0.647. The van der Waals surface area contributed by atoms with Gasteiger partial charge in [0.15, 0.2) is 0 Å². The second kappa shape index (κ2) is 5.81. The third-order valence-corrected chi connectivity index (χ3v) is 2.38. The molecule has 0 spiro atoms. The average Bonchev–Trinajstić information content (AvgIpc) is 2.31. The van der Waals surface area contributed by atoms with E-state index in [4.69, 9.17) is 5.73 Å². The van der Waals surface area contributed by atoms with Gasteiger partial charge in [0.05, 0.1) is 11.4 Å². The molecule has 0 saturated carbocycles. The molecular formula is C14H18N2. The van der Waals surface area contributed by atoms with E-state index in [9.17, 15) is 0 Å². The fourth-order valence-corrected chi connectivity index (χ4v) is 1.54. The first kappa shape index (κ1) is 12.1. The molecule has 0 aromatic heterocycles. The third kappa shape index (κ3) is 3.02. The Kier molecular flexibility index (Phi) is 4.40. The van der Waals surface area contributed by atoms with Gasteiger partial charge in [-0.3, -0.25) is 0 Å². The second-order valence-corrected chi connectivity index (χ2v) is 3.59. The Morgan fingerprint density at radius 3 is 2.38 bits per heavy atom. The molecule has 0 aliphatic rings. The zero-order valence-corrected chi connectivity index (χ0v) is 9.69. The van der Waals surface area contributed by atoms with Gasteiger partial charge < -0.3 is 10.6 Å². The van der Waals surface area contributed by atoms with Crippen molar-refractivity contribution < 1.29 is 0 Å². The molecule has 84 valence electrons. The molecule has 16 heavy (non-hydrogen) atoms. The van der Waals surface area contributed by atoms with Crippen molar-refractivity contribution in [1.29, 1.82) is 0 Å². The van der Waals surface area contributed by atoms with Gasteiger partial charge in [-0.1, -0.05) is 43.5 Å². The van der Waals surface area contributed by atoms with Crippen LogP contribution in [0.25, 0.3) is 0 Å². The average molecular weight is 214 g/mol. The van der Waals surface area contributed by atoms with Crippen molar-refractivity contribution in [3.05, 3.63) is 72.6 Å². The Morgan fingerprint density at radius 1 is 1.25 bits per heavy atom. The van der Waals surface area contributed by atoms with Gasteiger partial charge in [-0.15, -0.1) is 0 Å². The molecule has 1 rings (SSSR count). The number of likely N-dealkylation sites (N-methyl/N-ethyl adjacent to an activating group) is 1. The molecule has 0 bridgehead atoms. The summed E-state index contributed by atoms with van der Waals surface area (Å²) < 4.78 is 0. The number of benzene rings is 1. The van der Waals surface area contributed by atoms with E-state index in [2.05, 4.69) is 30.2 Å². The lowest BCUT2D eigenvalue weighted by Gasteiger charge is -2.21. The number of hydrogen-bond donors (Lipinski definition) is 1. The highest BCUT2D eigenvalue weighted by Gasteiger charge is 2.04. The van der Waals surface area contributed by atoms with Crippen molar-refractivity contribution in [1.82, 2.24) is 4.90 Å². The standard InChI is InChI=1S/C14H18N2/c1-4-13(15)14(5-2)16(3)11-12-9-7-6-8-10-12/h4-10H,1-2,11,15H2,3H3/b14-13-. The molecule has 1 aromatic carbocycles. The molecule has 0 aliphatic heterocycles. The Morgan fingerprint density at radius 2 is 1.88 bits per heavy atom. The lowest BCUT2D eigenvalue weighted by Crippen LogP contribution is -2.19. The highest BCUT2D eigenvalue weighted by Crippen LogP contribution is 2.11. The Labute approximate surface area is 97.4 Å². The highest BCUT2D eigenvalue weighted by atomic mass is 15.1. The minimum atomic E-state index is 0.647. The van der Waals surface area contributed by atoms with E-state index in [1.54, 1.807) is 12.2 Å². The summed E-state index contributed by atoms with van der Waals surface area (Å²) in [5.74, 6) is 0. The fraction of sp³-hybridized carbons (Fsp3) is 0.143. The molecular weight excluding hydrogens is 196 g/mol. The molecule has 0 amide bonds. The lowest BCUT2D eigenvalue weighted by atomic mass is 10.2. The summed E-state index contributed by atoms with van der Waals surface area (Å²) >= 11 is 0. The predicted molar refractivity (Wildman–Crippen MR) is 69.5 cm³/mol. The molecule has 0 aliphatic carbocycles. The zero-order chi connectivity index (χ0) is 12.0. The molecule has 0 unspecified atom stereocenters. The maximum atomic E-state index is 5.83. The van der Waals surface area contributed by atoms with Crippen molar-refractivity contribution in [2.45, 2.75) is 6.54 Å². The van der Waals surface area contributed by atoms with Gasteiger partial charge in [-0.05, 0) is 17.7 Å². The second-order valence-electron chi connectivity index (χ2n) is 3.59. The predicted octanol–water partition coefficient (Wildman–Crippen LogP) is 2.66. The van der Waals surface area contributed by atoms with Crippen LogP contribution in [0, 0.1) is 0 Å². The minimum Gasteiger partial charge on any atom is -0.397 e. The molecule has 0 saturated heterocycles. The van der Waals surface area contributed by atoms with E-state index < -0.39 is 0 Å². The number of nitrogens with two attached hydrogens (primary N) is 1. The van der Waals surface area contributed by atoms with Crippen LogP contribution in [0.15, 0.2) is 67.0 Å². The lowest BCUT2D eigenvalue weighted by molar-refractivity contribution is 0.421. The molecule has 0 atom stereocenters. The zero-order valence-electron chi connectivity index (χ0n) is 9.69. The Balaban J connectivity index is 2.83. The summed E-state index contributed by atoms with van der Waals surface area (Å²) in [6.45, 7) is 8.23. The quantitative estimate of drug-likeness (QED) is 0.763. The molecule has 1 aromatic rings. The molecule has 0 heterocycles. The van der Waals surface area contributed by atoms with Gasteiger partial charge >= 0.3 is 0 Å². The van der Waals surface area contributed by atoms with Gasteiger partial charge in [0.1, 0.15) is 0 Å². The maximum Gasteiger partial charge on any atom is 0.0594 e. The summed E-state index contributed by atoms with van der Waals surface area (Å²) in [7, 11) is 1.99. The van der Waals surface area contributed by atoms with Crippen molar-refractivity contribution >= 4 is 0 Å². The van der Waals surface area contributed by atoms with Crippen LogP contribution < -0.4 is 5.73 Å². The van der Waals surface area contributed by atoms with Crippen molar-refractivity contribution in [3.8, 4) is 0 Å². The van der Waals surface area contributed by atoms with Gasteiger partial charge in [0.2, 0.25) is 0 Å². The van der Waals surface area contributed by atoms with E-state index in [0.29, 0.717) is 5.70 Å². The van der Waals surface area contributed by atoms with Crippen LogP contribution in [0.4, 0.5) is 0 Å². The largest absolute Gasteiger partial charge is 0.397 e. The van der Waals surface area contributed by atoms with E-state index >= 15 is 0 Å². The topological polar surface area (TPSA) is 29.3 Å². The van der Waals surface area contributed by atoms with Gasteiger partial charge in [0.25, 0.3) is 0 Å². The van der Waals surface area contributed by atoms with Crippen molar-refractivity contribution in [3.63, 3.8) is 0 Å². The number of nitrogens with zero attached hydrogens (tertiary/aromatic N) is 1. The Bertz CT molecular complexity index is 390. The van der Waals surface area contributed by atoms with E-state index in [-0.39, 0.29) is 0 Å². The first-order valence-corrected chi connectivity index (χ1v) is 5.18. The van der Waals surface area contributed by atoms with E-state index in [1.165, 1.54) is 5.56 Å².